The fourth-order valence-electron chi connectivity index (χ4n) is 1.40. The molecule has 2 aromatic rings. The monoisotopic (exact) mass is 257 g/mol. The fourth-order valence-corrected chi connectivity index (χ4v) is 1.40. The number of nitrogens with one attached hydrogen (secondary N) is 1. The highest BCUT2D eigenvalue weighted by Crippen LogP contribution is 2.29. The van der Waals surface area contributed by atoms with Crippen molar-refractivity contribution in [1.82, 2.24) is 10.1 Å². The minimum absolute atomic E-state index is 0.185. The average Bonchev–Trinajstić information content (AvgIpc) is 2.72. The van der Waals surface area contributed by atoms with Crippen LogP contribution in [0.2, 0.25) is 0 Å². The van der Waals surface area contributed by atoms with E-state index in [-0.39, 0.29) is 12.6 Å². The molecule has 96 valence electrons. The molecule has 2 rings (SSSR count). The number of benzene rings is 1. The summed E-state index contributed by atoms with van der Waals surface area (Å²) < 4.78 is 42.2. The smallest absolute Gasteiger partial charge is 0.334 e. The first-order chi connectivity index (χ1) is 8.45. The molecule has 7 heteroatoms. The molecule has 1 aromatic carbocycles. The molecule has 0 bridgehead atoms. The van der Waals surface area contributed by atoms with Crippen LogP contribution in [0.1, 0.15) is 17.0 Å². The van der Waals surface area contributed by atoms with E-state index in [0.717, 1.165) is 12.1 Å². The van der Waals surface area contributed by atoms with Gasteiger partial charge in [-0.25, -0.2) is 0 Å². The molecule has 0 aliphatic rings. The Morgan fingerprint density at radius 2 is 2.11 bits per heavy atom. The van der Waals surface area contributed by atoms with E-state index < -0.39 is 11.7 Å². The summed E-state index contributed by atoms with van der Waals surface area (Å²) in [6, 6.07) is 5.24. The van der Waals surface area contributed by atoms with E-state index in [9.17, 15) is 13.2 Å². The van der Waals surface area contributed by atoms with Gasteiger partial charge in [-0.1, -0.05) is 17.3 Å². The van der Waals surface area contributed by atoms with E-state index in [4.69, 9.17) is 4.52 Å². The predicted molar refractivity (Wildman–Crippen MR) is 57.8 cm³/mol. The zero-order valence-electron chi connectivity index (χ0n) is 9.45. The topological polar surface area (TPSA) is 51.0 Å². The van der Waals surface area contributed by atoms with E-state index in [0.29, 0.717) is 11.4 Å². The van der Waals surface area contributed by atoms with Gasteiger partial charge in [0.05, 0.1) is 5.56 Å². The molecule has 0 atom stereocenters. The highest BCUT2D eigenvalue weighted by atomic mass is 19.4. The van der Waals surface area contributed by atoms with Crippen molar-refractivity contribution in [3.05, 3.63) is 41.2 Å². The Labute approximate surface area is 101 Å². The Bertz CT molecular complexity index is 536. The summed E-state index contributed by atoms with van der Waals surface area (Å²) >= 11 is 0. The van der Waals surface area contributed by atoms with Crippen LogP contribution in [0.5, 0.6) is 0 Å². The second-order valence-corrected chi connectivity index (χ2v) is 3.70. The van der Waals surface area contributed by atoms with Crippen LogP contribution in [-0.4, -0.2) is 10.1 Å². The Kier molecular flexibility index (Phi) is 3.22. The first-order valence-electron chi connectivity index (χ1n) is 5.15. The SMILES string of the molecule is Cc1noc(NCc2cccc(C(F)(F)F)c2)n1. The van der Waals surface area contributed by atoms with Crippen molar-refractivity contribution < 1.29 is 17.7 Å². The molecule has 4 nitrogen and oxygen atoms in total. The molecule has 0 aliphatic carbocycles. The largest absolute Gasteiger partial charge is 0.416 e. The van der Waals surface area contributed by atoms with Crippen molar-refractivity contribution in [2.75, 3.05) is 5.32 Å². The molecule has 1 heterocycles. The van der Waals surface area contributed by atoms with Crippen LogP contribution in [0.3, 0.4) is 0 Å². The molecule has 1 N–H and O–H groups in total. The molecular formula is C11H10F3N3O. The lowest BCUT2D eigenvalue weighted by molar-refractivity contribution is -0.137. The van der Waals surface area contributed by atoms with Gasteiger partial charge < -0.3 is 9.84 Å². The van der Waals surface area contributed by atoms with Gasteiger partial charge in [0.25, 0.3) is 0 Å². The standard InChI is InChI=1S/C11H10F3N3O/c1-7-16-10(18-17-7)15-6-8-3-2-4-9(5-8)11(12,13)14/h2-5H,6H2,1H3,(H,15,16,17). The number of hydrogen-bond acceptors (Lipinski definition) is 4. The van der Waals surface area contributed by atoms with Crippen molar-refractivity contribution in [2.45, 2.75) is 19.6 Å². The summed E-state index contributed by atoms with van der Waals surface area (Å²) in [6.45, 7) is 1.84. The number of alkyl halides is 3. The van der Waals surface area contributed by atoms with Gasteiger partial charge in [0.2, 0.25) is 0 Å². The maximum absolute atomic E-state index is 12.5. The molecule has 0 unspecified atom stereocenters. The maximum Gasteiger partial charge on any atom is 0.416 e. The van der Waals surface area contributed by atoms with Crippen molar-refractivity contribution in [1.29, 1.82) is 0 Å². The van der Waals surface area contributed by atoms with Crippen molar-refractivity contribution in [3.63, 3.8) is 0 Å². The number of nitrogens with zero attached hydrogens (tertiary/aromatic N) is 2. The van der Waals surface area contributed by atoms with E-state index in [1.807, 2.05) is 0 Å². The molecule has 1 aromatic heterocycles. The quantitative estimate of drug-likeness (QED) is 0.918. The van der Waals surface area contributed by atoms with Gasteiger partial charge in [-0.3, -0.25) is 0 Å². The highest BCUT2D eigenvalue weighted by molar-refractivity contribution is 5.29. The van der Waals surface area contributed by atoms with Crippen LogP contribution >= 0.6 is 0 Å². The number of aryl methyl sites for hydroxylation is 1. The lowest BCUT2D eigenvalue weighted by Crippen LogP contribution is -2.06. The Balaban J connectivity index is 2.06. The van der Waals surface area contributed by atoms with Gasteiger partial charge in [0.1, 0.15) is 0 Å². The molecule has 0 aliphatic heterocycles. The van der Waals surface area contributed by atoms with Gasteiger partial charge in [0, 0.05) is 6.54 Å². The summed E-state index contributed by atoms with van der Waals surface area (Å²) in [5, 5.41) is 6.31. The summed E-state index contributed by atoms with van der Waals surface area (Å²) in [7, 11) is 0. The molecule has 0 radical (unpaired) electrons. The molecule has 0 amide bonds. The minimum Gasteiger partial charge on any atom is -0.334 e. The molecule has 18 heavy (non-hydrogen) atoms. The third-order valence-corrected chi connectivity index (χ3v) is 2.23. The number of rotatable bonds is 3. The van der Waals surface area contributed by atoms with Crippen LogP contribution in [0.25, 0.3) is 0 Å². The van der Waals surface area contributed by atoms with Gasteiger partial charge in [-0.05, 0) is 24.6 Å². The number of halogens is 3. The fraction of sp³-hybridized carbons (Fsp3) is 0.273. The normalized spacial score (nSPS) is 11.6. The van der Waals surface area contributed by atoms with Crippen LogP contribution < -0.4 is 5.32 Å². The van der Waals surface area contributed by atoms with Crippen molar-refractivity contribution in [2.24, 2.45) is 0 Å². The van der Waals surface area contributed by atoms with Crippen molar-refractivity contribution in [3.8, 4) is 0 Å². The maximum atomic E-state index is 12.5. The molecule has 0 fully saturated rings. The third kappa shape index (κ3) is 2.99. The van der Waals surface area contributed by atoms with Gasteiger partial charge in [-0.2, -0.15) is 18.2 Å². The van der Waals surface area contributed by atoms with Crippen LogP contribution in [0, 0.1) is 6.92 Å². The zero-order valence-corrected chi connectivity index (χ0v) is 9.45. The number of anilines is 1. The second-order valence-electron chi connectivity index (χ2n) is 3.70. The van der Waals surface area contributed by atoms with Gasteiger partial charge >= 0.3 is 12.2 Å². The summed E-state index contributed by atoms with van der Waals surface area (Å²) in [5.41, 5.74) is -0.191. The summed E-state index contributed by atoms with van der Waals surface area (Å²) in [6.07, 6.45) is -4.34. The number of aromatic nitrogens is 2. The Morgan fingerprint density at radius 1 is 1.33 bits per heavy atom. The van der Waals surface area contributed by atoms with E-state index >= 15 is 0 Å². The van der Waals surface area contributed by atoms with Crippen LogP contribution in [-0.2, 0) is 12.7 Å². The Hall–Kier alpha value is -2.05. The highest BCUT2D eigenvalue weighted by Gasteiger charge is 2.30. The Morgan fingerprint density at radius 3 is 2.72 bits per heavy atom. The summed E-state index contributed by atoms with van der Waals surface area (Å²) in [4.78, 5) is 3.89. The zero-order chi connectivity index (χ0) is 13.2. The lowest BCUT2D eigenvalue weighted by atomic mass is 10.1. The van der Waals surface area contributed by atoms with Crippen molar-refractivity contribution >= 4 is 6.01 Å². The van der Waals surface area contributed by atoms with E-state index in [1.54, 1.807) is 13.0 Å². The van der Waals surface area contributed by atoms with Crippen LogP contribution in [0.15, 0.2) is 28.8 Å². The second kappa shape index (κ2) is 4.67. The molecule has 0 saturated heterocycles. The molecule has 0 saturated carbocycles. The first-order valence-corrected chi connectivity index (χ1v) is 5.15. The van der Waals surface area contributed by atoms with Gasteiger partial charge in [-0.15, -0.1) is 0 Å². The third-order valence-electron chi connectivity index (χ3n) is 2.23. The van der Waals surface area contributed by atoms with Crippen LogP contribution in [0.4, 0.5) is 19.2 Å². The minimum atomic E-state index is -4.34. The first kappa shape index (κ1) is 12.4. The average molecular weight is 257 g/mol. The van der Waals surface area contributed by atoms with E-state index in [1.165, 1.54) is 6.07 Å². The molecular weight excluding hydrogens is 247 g/mol. The van der Waals surface area contributed by atoms with Gasteiger partial charge in [0.15, 0.2) is 5.82 Å². The lowest BCUT2D eigenvalue weighted by Gasteiger charge is -2.08. The summed E-state index contributed by atoms with van der Waals surface area (Å²) in [5.74, 6) is 0.460. The number of hydrogen-bond donors (Lipinski definition) is 1. The molecule has 0 spiro atoms. The predicted octanol–water partition coefficient (Wildman–Crippen LogP) is 3.01. The van der Waals surface area contributed by atoms with E-state index in [2.05, 4.69) is 15.5 Å².